The van der Waals surface area contributed by atoms with Gasteiger partial charge in [0.25, 0.3) is 0 Å². The van der Waals surface area contributed by atoms with E-state index in [1.807, 2.05) is 6.92 Å². The predicted molar refractivity (Wildman–Crippen MR) is 140 cm³/mol. The summed E-state index contributed by atoms with van der Waals surface area (Å²) >= 11 is 0. The smallest absolute Gasteiger partial charge is 0.344 e. The zero-order chi connectivity index (χ0) is 23.6. The molecule has 1 aromatic rings. The topological polar surface area (TPSA) is 88.2 Å². The van der Waals surface area contributed by atoms with E-state index < -0.39 is 5.97 Å². The fourth-order valence-corrected chi connectivity index (χ4v) is 4.33. The second-order valence-electron chi connectivity index (χ2n) is 8.95. The number of nitrogens with zero attached hydrogens (tertiary/aromatic N) is 2. The molecule has 1 unspecified atom stereocenters. The Balaban J connectivity index is 0.00000306. The van der Waals surface area contributed by atoms with Crippen molar-refractivity contribution < 1.29 is 23.9 Å². The molecule has 0 saturated carbocycles. The molecule has 0 aromatic heterocycles. The molecule has 198 valence electrons. The molecule has 10 heteroatoms. The average molecular weight is 533 g/mol. The fourth-order valence-electron chi connectivity index (χ4n) is 4.33. The van der Waals surface area contributed by atoms with E-state index in [2.05, 4.69) is 17.1 Å². The first-order valence-corrected chi connectivity index (χ1v) is 12.1. The van der Waals surface area contributed by atoms with Gasteiger partial charge in [-0.05, 0) is 63.5 Å². The number of piperazine rings is 1. The number of hydrogen-bond donors (Lipinski definition) is 1. The van der Waals surface area contributed by atoms with Crippen LogP contribution >= 0.6 is 24.8 Å². The molecule has 0 spiro atoms. The minimum atomic E-state index is -0.402. The Hall–Kier alpha value is -1.87. The quantitative estimate of drug-likeness (QED) is 0.346. The summed E-state index contributed by atoms with van der Waals surface area (Å²) in [5, 5.41) is 3.35. The largest absolute Gasteiger partial charge is 0.482 e. The van der Waals surface area contributed by atoms with Gasteiger partial charge in [0.1, 0.15) is 5.75 Å². The summed E-state index contributed by atoms with van der Waals surface area (Å²) < 4.78 is 10.8. The van der Waals surface area contributed by atoms with Gasteiger partial charge in [-0.1, -0.05) is 19.8 Å². The van der Waals surface area contributed by atoms with Gasteiger partial charge in [-0.15, -0.1) is 24.8 Å². The minimum absolute atomic E-state index is 0. The van der Waals surface area contributed by atoms with Crippen LogP contribution in [0.1, 0.15) is 56.3 Å². The van der Waals surface area contributed by atoms with Crippen molar-refractivity contribution in [1.29, 1.82) is 0 Å². The molecule has 2 aliphatic rings. The van der Waals surface area contributed by atoms with Gasteiger partial charge in [-0.3, -0.25) is 14.5 Å². The first-order valence-electron chi connectivity index (χ1n) is 12.1. The lowest BCUT2D eigenvalue weighted by Crippen LogP contribution is -2.56. The van der Waals surface area contributed by atoms with E-state index in [0.717, 1.165) is 51.7 Å². The molecule has 1 aromatic carbocycles. The highest BCUT2D eigenvalue weighted by Crippen LogP contribution is 2.17. The number of carbonyl (C=O) groups is 3. The number of nitrogens with one attached hydrogen (secondary N) is 1. The molecular weight excluding hydrogens is 493 g/mol. The highest BCUT2D eigenvalue weighted by atomic mass is 35.5. The van der Waals surface area contributed by atoms with E-state index in [1.54, 1.807) is 29.2 Å². The van der Waals surface area contributed by atoms with Gasteiger partial charge >= 0.3 is 5.97 Å². The molecule has 0 radical (unpaired) electrons. The number of rotatable bonds is 11. The number of piperidine rings is 1. The highest BCUT2D eigenvalue weighted by Gasteiger charge is 2.30. The highest BCUT2D eigenvalue weighted by molar-refractivity contribution is 5.99. The molecule has 1 amide bonds. The minimum Gasteiger partial charge on any atom is -0.482 e. The number of ketones is 1. The summed E-state index contributed by atoms with van der Waals surface area (Å²) in [4.78, 5) is 41.1. The van der Waals surface area contributed by atoms with Gasteiger partial charge in [-0.2, -0.15) is 0 Å². The molecule has 2 saturated heterocycles. The second-order valence-corrected chi connectivity index (χ2v) is 8.95. The van der Waals surface area contributed by atoms with Crippen LogP contribution in [0.3, 0.4) is 0 Å². The maximum Gasteiger partial charge on any atom is 0.344 e. The third-order valence-corrected chi connectivity index (χ3v) is 6.34. The predicted octanol–water partition coefficient (Wildman–Crippen LogP) is 3.11. The SMILES string of the molecule is CCCCC(C)OC(=O)COc1ccc(C(=O)CN2CCN(C3CCNCC3)CC2=O)cc1.Cl.Cl. The number of halogens is 2. The van der Waals surface area contributed by atoms with Crippen molar-refractivity contribution >= 4 is 42.5 Å². The Bertz CT molecular complexity index is 803. The first kappa shape index (κ1) is 31.2. The summed E-state index contributed by atoms with van der Waals surface area (Å²) in [6.45, 7) is 7.66. The number of Topliss-reactive ketones (excluding diaryl/α,β-unsaturated/α-hetero) is 1. The van der Waals surface area contributed by atoms with Crippen LogP contribution in [0.25, 0.3) is 0 Å². The number of carbonyl (C=O) groups excluding carboxylic acids is 3. The van der Waals surface area contributed by atoms with Crippen LogP contribution < -0.4 is 10.1 Å². The molecule has 2 heterocycles. The zero-order valence-electron chi connectivity index (χ0n) is 20.7. The summed E-state index contributed by atoms with van der Waals surface area (Å²) in [5.74, 6) is 0.00594. The zero-order valence-corrected chi connectivity index (χ0v) is 22.3. The van der Waals surface area contributed by atoms with E-state index >= 15 is 0 Å². The van der Waals surface area contributed by atoms with E-state index in [9.17, 15) is 14.4 Å². The molecule has 8 nitrogen and oxygen atoms in total. The summed E-state index contributed by atoms with van der Waals surface area (Å²) in [6.07, 6.45) is 4.93. The Kier molecular flexibility index (Phi) is 14.2. The van der Waals surface area contributed by atoms with Gasteiger partial charge in [0.2, 0.25) is 5.91 Å². The first-order chi connectivity index (χ1) is 16.0. The van der Waals surface area contributed by atoms with E-state index in [-0.39, 0.29) is 55.8 Å². The summed E-state index contributed by atoms with van der Waals surface area (Å²) in [5.41, 5.74) is 0.520. The maximum atomic E-state index is 12.7. The Labute approximate surface area is 220 Å². The number of hydrogen-bond acceptors (Lipinski definition) is 7. The summed E-state index contributed by atoms with van der Waals surface area (Å²) in [7, 11) is 0. The number of unbranched alkanes of at least 4 members (excludes halogenated alkanes) is 1. The Morgan fingerprint density at radius 2 is 1.80 bits per heavy atom. The monoisotopic (exact) mass is 531 g/mol. The number of ether oxygens (including phenoxy) is 2. The standard InChI is InChI=1S/C25H37N3O5.2ClH/c1-3-4-5-19(2)33-25(31)18-32-22-8-6-20(7-9-22)23(29)16-28-15-14-27(17-24(28)30)21-10-12-26-13-11-21;;/h6-9,19,21,26H,3-5,10-18H2,1-2H3;2*1H. The number of benzene rings is 1. The van der Waals surface area contributed by atoms with Gasteiger partial charge in [0.15, 0.2) is 12.4 Å². The van der Waals surface area contributed by atoms with E-state index in [0.29, 0.717) is 30.4 Å². The molecular formula is C25H39Cl2N3O5. The Morgan fingerprint density at radius 1 is 1.11 bits per heavy atom. The van der Waals surface area contributed by atoms with Crippen LogP contribution in [0, 0.1) is 0 Å². The van der Waals surface area contributed by atoms with Gasteiger partial charge in [-0.25, -0.2) is 4.79 Å². The van der Waals surface area contributed by atoms with Crippen molar-refractivity contribution in [2.24, 2.45) is 0 Å². The van der Waals surface area contributed by atoms with Crippen LogP contribution in [0.15, 0.2) is 24.3 Å². The van der Waals surface area contributed by atoms with Crippen LogP contribution in [0.4, 0.5) is 0 Å². The van der Waals surface area contributed by atoms with Gasteiger partial charge in [0, 0.05) is 24.7 Å². The summed E-state index contributed by atoms with van der Waals surface area (Å²) in [6, 6.07) is 7.12. The van der Waals surface area contributed by atoms with Crippen molar-refractivity contribution in [2.75, 3.05) is 45.9 Å². The van der Waals surface area contributed by atoms with Crippen molar-refractivity contribution in [2.45, 2.75) is 58.1 Å². The molecule has 2 fully saturated rings. The van der Waals surface area contributed by atoms with E-state index in [1.165, 1.54) is 0 Å². The van der Waals surface area contributed by atoms with Gasteiger partial charge in [0.05, 0.1) is 19.2 Å². The van der Waals surface area contributed by atoms with Crippen LogP contribution in [0.5, 0.6) is 5.75 Å². The molecule has 0 bridgehead atoms. The Morgan fingerprint density at radius 3 is 2.43 bits per heavy atom. The molecule has 1 atom stereocenters. The van der Waals surface area contributed by atoms with Crippen LogP contribution in [-0.4, -0.2) is 85.5 Å². The lowest BCUT2D eigenvalue weighted by Gasteiger charge is -2.40. The number of amides is 1. The number of esters is 1. The van der Waals surface area contributed by atoms with Gasteiger partial charge < -0.3 is 19.7 Å². The average Bonchev–Trinajstić information content (AvgIpc) is 2.83. The van der Waals surface area contributed by atoms with Crippen molar-refractivity contribution in [3.05, 3.63) is 29.8 Å². The molecule has 3 rings (SSSR count). The maximum absolute atomic E-state index is 12.7. The third kappa shape index (κ3) is 9.95. The molecule has 2 aliphatic heterocycles. The van der Waals surface area contributed by atoms with Crippen LogP contribution in [-0.2, 0) is 14.3 Å². The molecule has 1 N–H and O–H groups in total. The third-order valence-electron chi connectivity index (χ3n) is 6.34. The van der Waals surface area contributed by atoms with Crippen molar-refractivity contribution in [3.8, 4) is 5.75 Å². The van der Waals surface area contributed by atoms with Crippen molar-refractivity contribution in [1.82, 2.24) is 15.1 Å². The van der Waals surface area contributed by atoms with E-state index in [4.69, 9.17) is 9.47 Å². The lowest BCUT2D eigenvalue weighted by atomic mass is 10.0. The van der Waals surface area contributed by atoms with Crippen molar-refractivity contribution in [3.63, 3.8) is 0 Å². The molecule has 35 heavy (non-hydrogen) atoms. The lowest BCUT2D eigenvalue weighted by molar-refractivity contribution is -0.151. The molecule has 0 aliphatic carbocycles. The normalized spacial score (nSPS) is 17.7. The fraction of sp³-hybridized carbons (Fsp3) is 0.640. The van der Waals surface area contributed by atoms with Crippen LogP contribution in [0.2, 0.25) is 0 Å². The second kappa shape index (κ2) is 16.0.